The molecule has 0 aromatic carbocycles. The van der Waals surface area contributed by atoms with Gasteiger partial charge < -0.3 is 19.7 Å². The van der Waals surface area contributed by atoms with Gasteiger partial charge in [0.15, 0.2) is 0 Å². The summed E-state index contributed by atoms with van der Waals surface area (Å²) in [6.07, 6.45) is 0.834. The molecule has 1 aliphatic heterocycles. The highest BCUT2D eigenvalue weighted by Gasteiger charge is 2.32. The SMILES string of the molecule is C[C@@H](COCc1cc2n(n1)CCN(c1ncc(C(F)(F)F)cn1)C2)Nc1cnn(COCC[Si](C)(C)C)c(=O)c1C1CC1. The number of aromatic nitrogens is 6. The normalized spacial score (nSPS) is 16.3. The van der Waals surface area contributed by atoms with Gasteiger partial charge in [-0.2, -0.15) is 23.4 Å². The number of rotatable bonds is 13. The summed E-state index contributed by atoms with van der Waals surface area (Å²) in [5.41, 5.74) is 2.19. The first kappa shape index (κ1) is 31.1. The molecule has 0 unspecified atom stereocenters. The second-order valence-corrected chi connectivity index (χ2v) is 18.1. The monoisotopic (exact) mass is 620 g/mol. The zero-order valence-electron chi connectivity index (χ0n) is 25.0. The number of hydrogen-bond acceptors (Lipinski definition) is 9. The summed E-state index contributed by atoms with van der Waals surface area (Å²) in [5.74, 6) is 0.490. The number of hydrogen-bond donors (Lipinski definition) is 1. The lowest BCUT2D eigenvalue weighted by Gasteiger charge is -2.27. The van der Waals surface area contributed by atoms with Crippen molar-refractivity contribution in [3.8, 4) is 0 Å². The third kappa shape index (κ3) is 8.20. The van der Waals surface area contributed by atoms with E-state index in [1.165, 1.54) is 4.68 Å². The number of nitrogens with zero attached hydrogens (tertiary/aromatic N) is 7. The lowest BCUT2D eigenvalue weighted by Crippen LogP contribution is -2.35. The van der Waals surface area contributed by atoms with Gasteiger partial charge in [0.25, 0.3) is 5.56 Å². The van der Waals surface area contributed by atoms with Crippen LogP contribution < -0.4 is 15.8 Å². The first-order valence-corrected chi connectivity index (χ1v) is 18.3. The van der Waals surface area contributed by atoms with Crippen LogP contribution in [0.3, 0.4) is 0 Å². The summed E-state index contributed by atoms with van der Waals surface area (Å²) in [7, 11) is -1.21. The van der Waals surface area contributed by atoms with Crippen LogP contribution in [0.4, 0.5) is 24.8 Å². The van der Waals surface area contributed by atoms with Gasteiger partial charge in [-0.3, -0.25) is 9.48 Å². The summed E-state index contributed by atoms with van der Waals surface area (Å²) in [5, 5.41) is 12.4. The summed E-state index contributed by atoms with van der Waals surface area (Å²) in [4.78, 5) is 22.8. The van der Waals surface area contributed by atoms with Crippen molar-refractivity contribution in [2.75, 3.05) is 30.0 Å². The van der Waals surface area contributed by atoms with Crippen LogP contribution in [0.1, 0.15) is 48.2 Å². The smallest absolute Gasteiger partial charge is 0.379 e. The first-order chi connectivity index (χ1) is 20.4. The van der Waals surface area contributed by atoms with E-state index in [9.17, 15) is 18.0 Å². The standard InChI is InChI=1S/C28H39F3N8O3Si/c1-19(35-24-14-34-39(18-41-9-10-43(2,3)4)26(40)25(24)20-5-6-20)16-42-17-22-11-23-15-37(7-8-38(23)36-22)27-32-12-21(13-33-27)28(29,30)31/h11-14,19-20,35H,5-10,15-18H2,1-4H3/t19-/m0/s1. The van der Waals surface area contributed by atoms with E-state index >= 15 is 0 Å². The van der Waals surface area contributed by atoms with Crippen LogP contribution in [0, 0.1) is 0 Å². The van der Waals surface area contributed by atoms with Gasteiger partial charge >= 0.3 is 6.18 Å². The number of alkyl halides is 3. The van der Waals surface area contributed by atoms with Gasteiger partial charge in [0.05, 0.1) is 55.1 Å². The van der Waals surface area contributed by atoms with Crippen LogP contribution in [-0.2, 0) is 42.1 Å². The Bertz CT molecular complexity index is 1450. The van der Waals surface area contributed by atoms with Crippen molar-refractivity contribution in [1.82, 2.24) is 29.5 Å². The number of fused-ring (bicyclic) bond motifs is 1. The van der Waals surface area contributed by atoms with E-state index in [4.69, 9.17) is 9.47 Å². The van der Waals surface area contributed by atoms with Crippen molar-refractivity contribution in [2.24, 2.45) is 0 Å². The molecular weight excluding hydrogens is 581 g/mol. The highest BCUT2D eigenvalue weighted by atomic mass is 28.3. The van der Waals surface area contributed by atoms with Gasteiger partial charge in [0, 0.05) is 45.2 Å². The Morgan fingerprint density at radius 2 is 1.86 bits per heavy atom. The van der Waals surface area contributed by atoms with Gasteiger partial charge in [0.2, 0.25) is 5.95 Å². The Labute approximate surface area is 249 Å². The summed E-state index contributed by atoms with van der Waals surface area (Å²) < 4.78 is 53.5. The Hall–Kier alpha value is -3.30. The molecule has 234 valence electrons. The molecule has 1 atom stereocenters. The number of ether oxygens (including phenoxy) is 2. The van der Waals surface area contributed by atoms with Crippen molar-refractivity contribution >= 4 is 19.7 Å². The summed E-state index contributed by atoms with van der Waals surface area (Å²) >= 11 is 0. The van der Waals surface area contributed by atoms with E-state index in [1.54, 1.807) is 6.20 Å². The maximum atomic E-state index is 13.2. The molecule has 43 heavy (non-hydrogen) atoms. The molecule has 0 spiro atoms. The number of anilines is 2. The third-order valence-corrected chi connectivity index (χ3v) is 9.10. The molecule has 1 saturated carbocycles. The van der Waals surface area contributed by atoms with Gasteiger partial charge in [0.1, 0.15) is 6.73 Å². The van der Waals surface area contributed by atoms with Crippen molar-refractivity contribution in [1.29, 1.82) is 0 Å². The highest BCUT2D eigenvalue weighted by molar-refractivity contribution is 6.76. The average molecular weight is 621 g/mol. The minimum atomic E-state index is -4.47. The zero-order valence-corrected chi connectivity index (χ0v) is 26.0. The van der Waals surface area contributed by atoms with Crippen LogP contribution in [-0.4, -0.2) is 63.4 Å². The van der Waals surface area contributed by atoms with Crippen LogP contribution in [0.15, 0.2) is 29.5 Å². The molecule has 1 N–H and O–H groups in total. The van der Waals surface area contributed by atoms with Gasteiger partial charge in [-0.15, -0.1) is 0 Å². The molecule has 3 aromatic rings. The number of halogens is 3. The van der Waals surface area contributed by atoms with E-state index in [2.05, 4.69) is 45.1 Å². The van der Waals surface area contributed by atoms with E-state index in [0.29, 0.717) is 39.5 Å². The maximum absolute atomic E-state index is 13.2. The van der Waals surface area contributed by atoms with Gasteiger partial charge in [-0.05, 0) is 37.8 Å². The molecule has 0 bridgehead atoms. The fraction of sp³-hybridized carbons (Fsp3) is 0.607. The predicted octanol–water partition coefficient (Wildman–Crippen LogP) is 4.48. The van der Waals surface area contributed by atoms with E-state index < -0.39 is 19.8 Å². The van der Waals surface area contributed by atoms with Crippen LogP contribution >= 0.6 is 0 Å². The topological polar surface area (TPSA) is 112 Å². The Kier molecular flexibility index (Phi) is 9.22. The van der Waals surface area contributed by atoms with Crippen molar-refractivity contribution < 1.29 is 22.6 Å². The van der Waals surface area contributed by atoms with Crippen molar-refractivity contribution in [3.05, 3.63) is 57.5 Å². The second-order valence-electron chi connectivity index (χ2n) is 12.5. The van der Waals surface area contributed by atoms with Crippen molar-refractivity contribution in [3.63, 3.8) is 0 Å². The molecule has 3 aromatic heterocycles. The van der Waals surface area contributed by atoms with Crippen LogP contribution in [0.2, 0.25) is 25.7 Å². The predicted molar refractivity (Wildman–Crippen MR) is 158 cm³/mol. The molecule has 4 heterocycles. The van der Waals surface area contributed by atoms with Crippen LogP contribution in [0.25, 0.3) is 0 Å². The Morgan fingerprint density at radius 3 is 2.53 bits per heavy atom. The molecule has 5 rings (SSSR count). The summed E-state index contributed by atoms with van der Waals surface area (Å²) in [6, 6.07) is 2.88. The van der Waals surface area contributed by atoms with Crippen molar-refractivity contribution in [2.45, 2.75) is 90.0 Å². The first-order valence-electron chi connectivity index (χ1n) is 14.6. The molecular formula is C28H39F3N8O3Si. The molecule has 0 saturated heterocycles. The Morgan fingerprint density at radius 1 is 1.12 bits per heavy atom. The van der Waals surface area contributed by atoms with E-state index in [1.807, 2.05) is 22.6 Å². The average Bonchev–Trinajstić information content (AvgIpc) is 3.69. The number of nitrogens with one attached hydrogen (secondary N) is 1. The highest BCUT2D eigenvalue weighted by Crippen LogP contribution is 2.41. The quantitative estimate of drug-likeness (QED) is 0.218. The zero-order chi connectivity index (χ0) is 30.8. The molecule has 0 radical (unpaired) electrons. The second kappa shape index (κ2) is 12.7. The Balaban J connectivity index is 1.12. The minimum absolute atomic E-state index is 0.0768. The van der Waals surface area contributed by atoms with E-state index in [0.717, 1.165) is 53.9 Å². The maximum Gasteiger partial charge on any atom is 0.419 e. The molecule has 15 heteroatoms. The molecule has 11 nitrogen and oxygen atoms in total. The molecule has 1 aliphatic carbocycles. The minimum Gasteiger partial charge on any atom is -0.379 e. The molecule has 1 fully saturated rings. The molecule has 2 aliphatic rings. The molecule has 0 amide bonds. The lowest BCUT2D eigenvalue weighted by atomic mass is 10.1. The van der Waals surface area contributed by atoms with Gasteiger partial charge in [-0.1, -0.05) is 19.6 Å². The third-order valence-electron chi connectivity index (χ3n) is 7.39. The van der Waals surface area contributed by atoms with Crippen LogP contribution in [0.5, 0.6) is 0 Å². The largest absolute Gasteiger partial charge is 0.419 e. The van der Waals surface area contributed by atoms with Gasteiger partial charge in [-0.25, -0.2) is 14.6 Å². The summed E-state index contributed by atoms with van der Waals surface area (Å²) in [6.45, 7) is 11.9. The van der Waals surface area contributed by atoms with E-state index in [-0.39, 0.29) is 30.2 Å². The lowest BCUT2D eigenvalue weighted by molar-refractivity contribution is -0.138. The fourth-order valence-corrected chi connectivity index (χ4v) is 5.61. The fourth-order valence-electron chi connectivity index (χ4n) is 4.85.